The highest BCUT2D eigenvalue weighted by molar-refractivity contribution is 5.92. The molecule has 0 aliphatic heterocycles. The summed E-state index contributed by atoms with van der Waals surface area (Å²) < 4.78 is 15.6. The van der Waals surface area contributed by atoms with Gasteiger partial charge in [-0.2, -0.15) is 4.98 Å². The number of carbonyl (C=O) groups is 1. The number of aromatic nitrogens is 2. The number of nitrogens with one attached hydrogen (secondary N) is 1. The Morgan fingerprint density at radius 3 is 2.92 bits per heavy atom. The van der Waals surface area contributed by atoms with Crippen molar-refractivity contribution in [3.63, 3.8) is 0 Å². The lowest BCUT2D eigenvalue weighted by molar-refractivity contribution is -0.120. The summed E-state index contributed by atoms with van der Waals surface area (Å²) in [5.74, 6) is 1.18. The molecule has 7 heteroatoms. The van der Waals surface area contributed by atoms with Gasteiger partial charge in [0.05, 0.1) is 12.7 Å². The largest absolute Gasteiger partial charge is 0.461 e. The number of para-hydroxylation sites is 1. The molecule has 0 aliphatic rings. The first kappa shape index (κ1) is 15.9. The molecule has 1 amide bonds. The molecular formula is C17H17N3O4. The Morgan fingerprint density at radius 1 is 1.25 bits per heavy atom. The first-order valence-corrected chi connectivity index (χ1v) is 7.58. The van der Waals surface area contributed by atoms with Gasteiger partial charge in [0.15, 0.2) is 5.76 Å². The lowest BCUT2D eigenvalue weighted by Crippen LogP contribution is -2.19. The molecule has 1 N–H and O–H groups in total. The van der Waals surface area contributed by atoms with E-state index in [0.717, 1.165) is 5.56 Å². The van der Waals surface area contributed by atoms with Gasteiger partial charge in [-0.3, -0.25) is 4.79 Å². The van der Waals surface area contributed by atoms with Crippen molar-refractivity contribution in [3.05, 3.63) is 54.1 Å². The van der Waals surface area contributed by atoms with Crippen LogP contribution in [0.5, 0.6) is 0 Å². The van der Waals surface area contributed by atoms with Crippen molar-refractivity contribution in [2.24, 2.45) is 0 Å². The molecule has 0 saturated heterocycles. The third-order valence-corrected chi connectivity index (χ3v) is 3.28. The third-order valence-electron chi connectivity index (χ3n) is 3.28. The number of hydrogen-bond acceptors (Lipinski definition) is 6. The first-order chi connectivity index (χ1) is 11.8. The SMILES string of the molecule is CCOCC(=O)Nc1ccccc1Cc1nc(-c2ccco2)no1. The molecule has 1 aromatic carbocycles. The van der Waals surface area contributed by atoms with Crippen LogP contribution in [0.1, 0.15) is 18.4 Å². The van der Waals surface area contributed by atoms with Crippen molar-refractivity contribution < 1.29 is 18.5 Å². The van der Waals surface area contributed by atoms with Gasteiger partial charge in [0.25, 0.3) is 0 Å². The molecule has 7 nitrogen and oxygen atoms in total. The van der Waals surface area contributed by atoms with E-state index in [4.69, 9.17) is 13.7 Å². The lowest BCUT2D eigenvalue weighted by Gasteiger charge is -2.09. The monoisotopic (exact) mass is 327 g/mol. The van der Waals surface area contributed by atoms with Crippen LogP contribution >= 0.6 is 0 Å². The van der Waals surface area contributed by atoms with Crippen molar-refractivity contribution >= 4 is 11.6 Å². The Kier molecular flexibility index (Phi) is 5.02. The molecule has 3 rings (SSSR count). The zero-order valence-electron chi connectivity index (χ0n) is 13.2. The highest BCUT2D eigenvalue weighted by Crippen LogP contribution is 2.21. The average molecular weight is 327 g/mol. The standard InChI is InChI=1S/C17H17N3O4/c1-2-22-11-15(21)18-13-7-4-3-6-12(13)10-16-19-17(20-24-16)14-8-5-9-23-14/h3-9H,2,10-11H2,1H3,(H,18,21). The molecule has 0 unspecified atom stereocenters. The first-order valence-electron chi connectivity index (χ1n) is 7.58. The van der Waals surface area contributed by atoms with Gasteiger partial charge in [0, 0.05) is 12.3 Å². The zero-order valence-corrected chi connectivity index (χ0v) is 13.2. The second-order valence-electron chi connectivity index (χ2n) is 5.01. The van der Waals surface area contributed by atoms with Crippen LogP contribution in [0.2, 0.25) is 0 Å². The summed E-state index contributed by atoms with van der Waals surface area (Å²) in [7, 11) is 0. The number of carbonyl (C=O) groups excluding carboxylic acids is 1. The van der Waals surface area contributed by atoms with Crippen molar-refractivity contribution in [2.75, 3.05) is 18.5 Å². The Bertz CT molecular complexity index is 796. The minimum Gasteiger partial charge on any atom is -0.461 e. The van der Waals surface area contributed by atoms with E-state index in [1.54, 1.807) is 18.4 Å². The summed E-state index contributed by atoms with van der Waals surface area (Å²) in [6.07, 6.45) is 1.95. The van der Waals surface area contributed by atoms with E-state index in [1.165, 1.54) is 0 Å². The van der Waals surface area contributed by atoms with Gasteiger partial charge in [-0.25, -0.2) is 0 Å². The summed E-state index contributed by atoms with van der Waals surface area (Å²) in [6, 6.07) is 11.0. The summed E-state index contributed by atoms with van der Waals surface area (Å²) in [5.41, 5.74) is 1.57. The van der Waals surface area contributed by atoms with Crippen LogP contribution in [-0.2, 0) is 16.0 Å². The van der Waals surface area contributed by atoms with E-state index in [0.29, 0.717) is 36.2 Å². The molecule has 24 heavy (non-hydrogen) atoms. The van der Waals surface area contributed by atoms with Crippen LogP contribution in [-0.4, -0.2) is 29.3 Å². The molecule has 0 atom stereocenters. The Hall–Kier alpha value is -2.93. The maximum atomic E-state index is 11.8. The van der Waals surface area contributed by atoms with E-state index >= 15 is 0 Å². The zero-order chi connectivity index (χ0) is 16.8. The minimum atomic E-state index is -0.203. The molecular weight excluding hydrogens is 310 g/mol. The molecule has 0 fully saturated rings. The van der Waals surface area contributed by atoms with Gasteiger partial charge in [0.2, 0.25) is 17.6 Å². The smallest absolute Gasteiger partial charge is 0.250 e. The van der Waals surface area contributed by atoms with Gasteiger partial charge >= 0.3 is 0 Å². The minimum absolute atomic E-state index is 0.0219. The number of anilines is 1. The highest BCUT2D eigenvalue weighted by atomic mass is 16.5. The summed E-state index contributed by atoms with van der Waals surface area (Å²) in [5, 5.41) is 6.73. The van der Waals surface area contributed by atoms with E-state index in [1.807, 2.05) is 31.2 Å². The van der Waals surface area contributed by atoms with Gasteiger partial charge in [-0.05, 0) is 30.7 Å². The van der Waals surface area contributed by atoms with Gasteiger partial charge in [-0.15, -0.1) is 0 Å². The quantitative estimate of drug-likeness (QED) is 0.717. The van der Waals surface area contributed by atoms with Crippen LogP contribution in [0.15, 0.2) is 51.6 Å². The van der Waals surface area contributed by atoms with E-state index < -0.39 is 0 Å². The Morgan fingerprint density at radius 2 is 2.12 bits per heavy atom. The third kappa shape index (κ3) is 3.88. The normalized spacial score (nSPS) is 10.7. The van der Waals surface area contributed by atoms with Gasteiger partial charge < -0.3 is 19.0 Å². The lowest BCUT2D eigenvalue weighted by atomic mass is 10.1. The predicted molar refractivity (Wildman–Crippen MR) is 86.4 cm³/mol. The topological polar surface area (TPSA) is 90.4 Å². The number of benzene rings is 1. The van der Waals surface area contributed by atoms with Crippen LogP contribution in [0.4, 0.5) is 5.69 Å². The number of amides is 1. The highest BCUT2D eigenvalue weighted by Gasteiger charge is 2.13. The summed E-state index contributed by atoms with van der Waals surface area (Å²) in [6.45, 7) is 2.36. The second kappa shape index (κ2) is 7.56. The fraction of sp³-hybridized carbons (Fsp3) is 0.235. The number of furan rings is 1. The van der Waals surface area contributed by atoms with Gasteiger partial charge in [0.1, 0.15) is 6.61 Å². The number of hydrogen-bond donors (Lipinski definition) is 1. The van der Waals surface area contributed by atoms with Crippen LogP contribution in [0, 0.1) is 0 Å². The molecule has 2 heterocycles. The Labute approximate surface area is 138 Å². The molecule has 0 radical (unpaired) electrons. The van der Waals surface area contributed by atoms with Crippen molar-refractivity contribution in [3.8, 4) is 11.6 Å². The van der Waals surface area contributed by atoms with E-state index in [2.05, 4.69) is 15.5 Å². The molecule has 3 aromatic rings. The molecule has 124 valence electrons. The van der Waals surface area contributed by atoms with Crippen LogP contribution in [0.25, 0.3) is 11.6 Å². The number of rotatable bonds is 7. The van der Waals surface area contributed by atoms with Crippen LogP contribution < -0.4 is 5.32 Å². The van der Waals surface area contributed by atoms with Crippen molar-refractivity contribution in [1.82, 2.24) is 10.1 Å². The summed E-state index contributed by atoms with van der Waals surface area (Å²) >= 11 is 0. The number of ether oxygens (including phenoxy) is 1. The van der Waals surface area contributed by atoms with Crippen molar-refractivity contribution in [2.45, 2.75) is 13.3 Å². The maximum absolute atomic E-state index is 11.8. The van der Waals surface area contributed by atoms with E-state index in [-0.39, 0.29) is 12.5 Å². The Balaban J connectivity index is 1.72. The molecule has 0 saturated carbocycles. The number of nitrogens with zero attached hydrogens (tertiary/aromatic N) is 2. The molecule has 0 spiro atoms. The fourth-order valence-corrected chi connectivity index (χ4v) is 2.17. The maximum Gasteiger partial charge on any atom is 0.250 e. The van der Waals surface area contributed by atoms with E-state index in [9.17, 15) is 4.79 Å². The molecule has 0 aliphatic carbocycles. The van der Waals surface area contributed by atoms with Crippen molar-refractivity contribution in [1.29, 1.82) is 0 Å². The molecule has 2 aromatic heterocycles. The predicted octanol–water partition coefficient (Wildman–Crippen LogP) is 2.90. The van der Waals surface area contributed by atoms with Gasteiger partial charge in [-0.1, -0.05) is 23.4 Å². The van der Waals surface area contributed by atoms with Crippen LogP contribution in [0.3, 0.4) is 0 Å². The molecule has 0 bridgehead atoms. The average Bonchev–Trinajstić information content (AvgIpc) is 3.26. The fourth-order valence-electron chi connectivity index (χ4n) is 2.17. The second-order valence-corrected chi connectivity index (χ2v) is 5.01. The summed E-state index contributed by atoms with van der Waals surface area (Å²) in [4.78, 5) is 16.1.